The number of likely N-dealkylation sites (N-methyl/N-ethyl adjacent to an activating group) is 1. The molecule has 4 aliphatic rings. The molecule has 0 heterocycles. The van der Waals surface area contributed by atoms with Crippen LogP contribution in [0.5, 0.6) is 0 Å². The number of hydrogen-bond donors (Lipinski definition) is 0. The first-order valence-corrected chi connectivity index (χ1v) is 23.4. The standard InChI is InChI=1S/C49H89NO3/c1-9-10-11-12-13-14-16-19-33-51-37-42(50(7)8)38-52-34-20-17-15-18-21-35-53-43-29-31-48(5)41(36-43)25-26-44-46-28-27-45(40(4)24-22-23-39(2)3)49(46,6)32-30-47(44)48/h13-14,25,39-40,42-47H,9-12,15-24,26-38H2,1-8H3/t40-,42-,43+,44?,45-,46?,47?,48+,49-/m1/s1. The number of nitrogens with zero attached hydrogens (tertiary/aromatic N) is 1. The monoisotopic (exact) mass is 740 g/mol. The minimum Gasteiger partial charge on any atom is -0.380 e. The fourth-order valence-electron chi connectivity index (χ4n) is 11.7. The van der Waals surface area contributed by atoms with Crippen molar-refractivity contribution >= 4 is 0 Å². The maximum atomic E-state index is 6.57. The molecule has 0 saturated heterocycles. The Bertz CT molecular complexity index is 1050. The summed E-state index contributed by atoms with van der Waals surface area (Å²) in [7, 11) is 4.27. The molecule has 4 rings (SSSR count). The third-order valence-corrected chi connectivity index (χ3v) is 15.2. The minimum atomic E-state index is 0.330. The zero-order chi connectivity index (χ0) is 38.1. The van der Waals surface area contributed by atoms with E-state index in [1.165, 1.54) is 122 Å². The highest BCUT2D eigenvalue weighted by molar-refractivity contribution is 5.25. The van der Waals surface area contributed by atoms with E-state index in [0.717, 1.165) is 87.8 Å². The molecule has 3 unspecified atom stereocenters. The number of fused-ring (bicyclic) bond motifs is 5. The summed E-state index contributed by atoms with van der Waals surface area (Å²) in [5.41, 5.74) is 2.79. The zero-order valence-corrected chi connectivity index (χ0v) is 36.6. The van der Waals surface area contributed by atoms with E-state index in [0.29, 0.717) is 23.0 Å². The van der Waals surface area contributed by atoms with Gasteiger partial charge in [0.15, 0.2) is 0 Å². The number of allylic oxidation sites excluding steroid dienone is 3. The molecule has 0 amide bonds. The third-order valence-electron chi connectivity index (χ3n) is 15.2. The highest BCUT2D eigenvalue weighted by Gasteiger charge is 2.59. The molecule has 0 N–H and O–H groups in total. The Hall–Kier alpha value is -0.680. The van der Waals surface area contributed by atoms with Crippen LogP contribution in [0.2, 0.25) is 0 Å². The molecule has 0 aromatic heterocycles. The van der Waals surface area contributed by atoms with Gasteiger partial charge in [-0.15, -0.1) is 0 Å². The molecule has 4 nitrogen and oxygen atoms in total. The van der Waals surface area contributed by atoms with Crippen LogP contribution >= 0.6 is 0 Å². The van der Waals surface area contributed by atoms with Gasteiger partial charge in [0.2, 0.25) is 0 Å². The topological polar surface area (TPSA) is 30.9 Å². The molecule has 4 aliphatic carbocycles. The molecule has 4 heteroatoms. The highest BCUT2D eigenvalue weighted by Crippen LogP contribution is 2.67. The number of rotatable bonds is 27. The summed E-state index contributed by atoms with van der Waals surface area (Å²) < 4.78 is 18.7. The molecule has 3 saturated carbocycles. The average Bonchev–Trinajstić information content (AvgIpc) is 3.49. The highest BCUT2D eigenvalue weighted by atomic mass is 16.5. The molecule has 3 fully saturated rings. The van der Waals surface area contributed by atoms with Crippen LogP contribution in [0.25, 0.3) is 0 Å². The lowest BCUT2D eigenvalue weighted by Crippen LogP contribution is -2.51. The Morgan fingerprint density at radius 3 is 2.17 bits per heavy atom. The number of ether oxygens (including phenoxy) is 3. The predicted molar refractivity (Wildman–Crippen MR) is 227 cm³/mol. The lowest BCUT2D eigenvalue weighted by Gasteiger charge is -2.58. The van der Waals surface area contributed by atoms with E-state index in [1.54, 1.807) is 5.57 Å². The van der Waals surface area contributed by atoms with E-state index in [1.807, 2.05) is 0 Å². The lowest BCUT2D eigenvalue weighted by molar-refractivity contribution is -0.0641. The van der Waals surface area contributed by atoms with E-state index >= 15 is 0 Å². The summed E-state index contributed by atoms with van der Waals surface area (Å²) in [6.45, 7) is 19.2. The average molecular weight is 740 g/mol. The van der Waals surface area contributed by atoms with E-state index in [2.05, 4.69) is 78.8 Å². The first-order valence-electron chi connectivity index (χ1n) is 23.4. The third kappa shape index (κ3) is 13.5. The molecule has 0 radical (unpaired) electrons. The summed E-state index contributed by atoms with van der Waals surface area (Å²) in [5.74, 6) is 5.49. The van der Waals surface area contributed by atoms with Crippen LogP contribution in [-0.4, -0.2) is 64.2 Å². The van der Waals surface area contributed by atoms with Crippen molar-refractivity contribution in [3.05, 3.63) is 23.8 Å². The molecule has 0 aliphatic heterocycles. The molecule has 0 aromatic rings. The van der Waals surface area contributed by atoms with Crippen molar-refractivity contribution in [2.75, 3.05) is 47.1 Å². The smallest absolute Gasteiger partial charge is 0.0644 e. The van der Waals surface area contributed by atoms with Gasteiger partial charge in [0, 0.05) is 19.8 Å². The van der Waals surface area contributed by atoms with Crippen molar-refractivity contribution in [2.24, 2.45) is 46.3 Å². The fraction of sp³-hybridized carbons (Fsp3) is 0.918. The maximum Gasteiger partial charge on any atom is 0.0644 e. The summed E-state index contributed by atoms with van der Waals surface area (Å²) in [6.07, 6.45) is 36.8. The SMILES string of the molecule is CCCCCC=CCCCOC[C@H](COCCCCCCCO[C@H]1CC[C@@]2(C)C(=CCC3C2CC[C@@]2(C)C3CC[C@@H]2[C@H](C)CCCC(C)C)C1)N(C)C. The van der Waals surface area contributed by atoms with E-state index in [4.69, 9.17) is 14.2 Å². The van der Waals surface area contributed by atoms with Crippen molar-refractivity contribution in [3.8, 4) is 0 Å². The van der Waals surface area contributed by atoms with Crippen LogP contribution in [0.3, 0.4) is 0 Å². The minimum absolute atomic E-state index is 0.330. The molecule has 0 aromatic carbocycles. The largest absolute Gasteiger partial charge is 0.380 e. The molecular formula is C49H89NO3. The van der Waals surface area contributed by atoms with Gasteiger partial charge < -0.3 is 19.1 Å². The number of hydrogen-bond acceptors (Lipinski definition) is 4. The van der Waals surface area contributed by atoms with Crippen molar-refractivity contribution < 1.29 is 14.2 Å². The van der Waals surface area contributed by atoms with Crippen molar-refractivity contribution in [1.82, 2.24) is 4.90 Å². The Morgan fingerprint density at radius 1 is 0.755 bits per heavy atom. The summed E-state index contributed by atoms with van der Waals surface area (Å²) in [4.78, 5) is 2.24. The van der Waals surface area contributed by atoms with Crippen molar-refractivity contribution in [2.45, 2.75) is 195 Å². The molecule has 308 valence electrons. The van der Waals surface area contributed by atoms with Crippen molar-refractivity contribution in [3.63, 3.8) is 0 Å². The maximum absolute atomic E-state index is 6.57. The second kappa shape index (κ2) is 23.5. The second-order valence-electron chi connectivity index (χ2n) is 19.7. The first-order chi connectivity index (χ1) is 25.6. The van der Waals surface area contributed by atoms with E-state index in [-0.39, 0.29) is 0 Å². The van der Waals surface area contributed by atoms with Crippen LogP contribution < -0.4 is 0 Å². The van der Waals surface area contributed by atoms with Gasteiger partial charge in [-0.25, -0.2) is 0 Å². The van der Waals surface area contributed by atoms with Crippen LogP contribution in [-0.2, 0) is 14.2 Å². The Balaban J connectivity index is 1.05. The zero-order valence-electron chi connectivity index (χ0n) is 36.6. The van der Waals surface area contributed by atoms with Gasteiger partial charge >= 0.3 is 0 Å². The van der Waals surface area contributed by atoms with Gasteiger partial charge in [-0.2, -0.15) is 0 Å². The molecule has 0 spiro atoms. The van der Waals surface area contributed by atoms with E-state index < -0.39 is 0 Å². The molecule has 53 heavy (non-hydrogen) atoms. The van der Waals surface area contributed by atoms with Gasteiger partial charge in [0.25, 0.3) is 0 Å². The molecular weight excluding hydrogens is 651 g/mol. The molecule has 9 atom stereocenters. The second-order valence-corrected chi connectivity index (χ2v) is 19.7. The summed E-state index contributed by atoms with van der Waals surface area (Å²) >= 11 is 0. The first kappa shape index (κ1) is 45.0. The lowest BCUT2D eigenvalue weighted by atomic mass is 9.47. The van der Waals surface area contributed by atoms with Gasteiger partial charge in [-0.3, -0.25) is 0 Å². The summed E-state index contributed by atoms with van der Waals surface area (Å²) in [5, 5.41) is 0. The Kier molecular flexibility index (Phi) is 20.0. The van der Waals surface area contributed by atoms with Crippen LogP contribution in [0.4, 0.5) is 0 Å². The number of unbranched alkanes of at least 4 members (excludes halogenated alkanes) is 8. The fourth-order valence-corrected chi connectivity index (χ4v) is 11.7. The van der Waals surface area contributed by atoms with Crippen LogP contribution in [0.15, 0.2) is 23.8 Å². The Morgan fingerprint density at radius 2 is 1.45 bits per heavy atom. The van der Waals surface area contributed by atoms with Gasteiger partial charge in [0.05, 0.1) is 25.4 Å². The van der Waals surface area contributed by atoms with E-state index in [9.17, 15) is 0 Å². The van der Waals surface area contributed by atoms with Gasteiger partial charge in [-0.05, 0) is 150 Å². The van der Waals surface area contributed by atoms with Crippen LogP contribution in [0, 0.1) is 46.3 Å². The van der Waals surface area contributed by atoms with Gasteiger partial charge in [-0.1, -0.05) is 117 Å². The Labute approximate surface area is 330 Å². The normalized spacial score (nSPS) is 31.1. The quantitative estimate of drug-likeness (QED) is 0.0620. The summed E-state index contributed by atoms with van der Waals surface area (Å²) in [6, 6.07) is 0.330. The predicted octanol–water partition coefficient (Wildman–Crippen LogP) is 13.2. The molecule has 0 bridgehead atoms. The van der Waals surface area contributed by atoms with Crippen molar-refractivity contribution in [1.29, 1.82) is 0 Å². The van der Waals surface area contributed by atoms with Gasteiger partial charge in [0.1, 0.15) is 0 Å². The van der Waals surface area contributed by atoms with Crippen LogP contribution in [0.1, 0.15) is 183 Å².